The van der Waals surface area contributed by atoms with Gasteiger partial charge in [0.05, 0.1) is 10.7 Å². The number of hydrogen-bond acceptors (Lipinski definition) is 4. The Kier molecular flexibility index (Phi) is 6.89. The number of amides is 1. The van der Waals surface area contributed by atoms with E-state index in [2.05, 4.69) is 58.3 Å². The van der Waals surface area contributed by atoms with E-state index in [-0.39, 0.29) is 5.76 Å². The van der Waals surface area contributed by atoms with Gasteiger partial charge in [0.25, 0.3) is 0 Å². The summed E-state index contributed by atoms with van der Waals surface area (Å²) in [6.07, 6.45) is 1.56. The zero-order valence-corrected chi connectivity index (χ0v) is 20.7. The number of nitrogens with one attached hydrogen (secondary N) is 1. The van der Waals surface area contributed by atoms with Crippen molar-refractivity contribution in [2.24, 2.45) is 5.10 Å². The number of hydrogen-bond donors (Lipinski definition) is 1. The fourth-order valence-corrected chi connectivity index (χ4v) is 3.96. The van der Waals surface area contributed by atoms with E-state index in [1.54, 1.807) is 18.3 Å². The molecule has 5 nitrogen and oxygen atoms in total. The Morgan fingerprint density at radius 2 is 1.74 bits per heavy atom. The molecule has 0 saturated carbocycles. The minimum absolute atomic E-state index is 0.197. The molecule has 0 aliphatic carbocycles. The van der Waals surface area contributed by atoms with E-state index in [9.17, 15) is 4.79 Å². The first kappa shape index (κ1) is 21.8. The number of halogens is 3. The average molecular weight is 607 g/mol. The van der Waals surface area contributed by atoms with Crippen molar-refractivity contribution in [3.63, 3.8) is 0 Å². The maximum atomic E-state index is 12.3. The number of furan rings is 1. The largest absolute Gasteiger partial charge is 0.488 e. The van der Waals surface area contributed by atoms with E-state index in [0.717, 1.165) is 35.7 Å². The molecule has 0 unspecified atom stereocenters. The van der Waals surface area contributed by atoms with Crippen LogP contribution in [-0.4, -0.2) is 12.1 Å². The number of hydrazone groups is 1. The first-order chi connectivity index (χ1) is 15.0. The van der Waals surface area contributed by atoms with E-state index >= 15 is 0 Å². The van der Waals surface area contributed by atoms with Crippen molar-refractivity contribution >= 4 is 70.9 Å². The molecule has 0 radical (unpaired) electrons. The van der Waals surface area contributed by atoms with Gasteiger partial charge < -0.3 is 9.15 Å². The zero-order chi connectivity index (χ0) is 21.8. The second-order valence-electron chi connectivity index (χ2n) is 6.60. The van der Waals surface area contributed by atoms with Crippen molar-refractivity contribution in [1.29, 1.82) is 0 Å². The van der Waals surface area contributed by atoms with E-state index in [1.165, 1.54) is 0 Å². The number of carbonyl (C=O) groups is 1. The lowest BCUT2D eigenvalue weighted by atomic mass is 10.2. The van der Waals surface area contributed by atoms with Crippen LogP contribution in [0.1, 0.15) is 21.7 Å². The molecule has 0 aliphatic heterocycles. The molecule has 1 N–H and O–H groups in total. The molecular weight excluding hydrogens is 592 g/mol. The van der Waals surface area contributed by atoms with Gasteiger partial charge in [0, 0.05) is 14.3 Å². The Morgan fingerprint density at radius 3 is 2.52 bits per heavy atom. The summed E-state index contributed by atoms with van der Waals surface area (Å²) in [7, 11) is 0. The maximum Gasteiger partial charge on any atom is 0.307 e. The van der Waals surface area contributed by atoms with E-state index in [4.69, 9.17) is 9.15 Å². The van der Waals surface area contributed by atoms with Gasteiger partial charge in [-0.25, -0.2) is 5.43 Å². The Hall–Kier alpha value is -2.42. The van der Waals surface area contributed by atoms with E-state index in [0.29, 0.717) is 12.2 Å². The van der Waals surface area contributed by atoms with Crippen LogP contribution in [0.5, 0.6) is 5.75 Å². The molecule has 4 rings (SSSR count). The van der Waals surface area contributed by atoms with Crippen molar-refractivity contribution in [3.05, 3.63) is 97.0 Å². The summed E-state index contributed by atoms with van der Waals surface area (Å²) in [5.74, 6) is 0.498. The molecule has 0 fully saturated rings. The van der Waals surface area contributed by atoms with Gasteiger partial charge >= 0.3 is 5.91 Å². The average Bonchev–Trinajstić information content (AvgIpc) is 3.17. The normalized spacial score (nSPS) is 11.2. The molecule has 0 saturated heterocycles. The molecule has 1 heterocycles. The highest BCUT2D eigenvalue weighted by atomic mass is 79.9. The summed E-state index contributed by atoms with van der Waals surface area (Å²) in [5, 5.41) is 4.86. The third kappa shape index (κ3) is 5.64. The van der Waals surface area contributed by atoms with Crippen LogP contribution in [0.15, 0.2) is 89.7 Å². The third-order valence-electron chi connectivity index (χ3n) is 4.35. The molecule has 1 amide bonds. The van der Waals surface area contributed by atoms with Crippen LogP contribution in [0.25, 0.3) is 11.0 Å². The highest BCUT2D eigenvalue weighted by molar-refractivity contribution is 9.11. The number of ether oxygens (including phenoxy) is 1. The van der Waals surface area contributed by atoms with Crippen LogP contribution >= 0.6 is 47.8 Å². The second-order valence-corrected chi connectivity index (χ2v) is 9.28. The fourth-order valence-electron chi connectivity index (χ4n) is 2.80. The minimum Gasteiger partial charge on any atom is -0.488 e. The van der Waals surface area contributed by atoms with Gasteiger partial charge in [-0.3, -0.25) is 4.79 Å². The maximum absolute atomic E-state index is 12.3. The lowest BCUT2D eigenvalue weighted by Crippen LogP contribution is -2.16. The van der Waals surface area contributed by atoms with Gasteiger partial charge in [0.2, 0.25) is 0 Å². The van der Waals surface area contributed by atoms with Crippen LogP contribution in [0.3, 0.4) is 0 Å². The van der Waals surface area contributed by atoms with Gasteiger partial charge in [-0.05, 0) is 81.7 Å². The molecule has 8 heteroatoms. The molecule has 0 bridgehead atoms. The van der Waals surface area contributed by atoms with Crippen LogP contribution in [0.4, 0.5) is 0 Å². The lowest BCUT2D eigenvalue weighted by Gasteiger charge is -2.09. The molecule has 3 aromatic carbocycles. The van der Waals surface area contributed by atoms with Crippen molar-refractivity contribution in [1.82, 2.24) is 5.43 Å². The highest BCUT2D eigenvalue weighted by Gasteiger charge is 2.11. The topological polar surface area (TPSA) is 63.8 Å². The number of carbonyl (C=O) groups excluding carboxylic acids is 1. The van der Waals surface area contributed by atoms with E-state index in [1.807, 2.05) is 54.6 Å². The number of fused-ring (bicyclic) bond motifs is 1. The molecule has 4 aromatic rings. The SMILES string of the molecule is O=C(N/N=C/c1ccc(OCc2ccc(Br)cc2)c(Br)c1)c1cc2cc(Br)ccc2o1. The molecule has 0 aliphatic rings. The summed E-state index contributed by atoms with van der Waals surface area (Å²) in [4.78, 5) is 12.3. The van der Waals surface area contributed by atoms with Crippen LogP contribution in [-0.2, 0) is 6.61 Å². The molecule has 0 atom stereocenters. The predicted molar refractivity (Wildman–Crippen MR) is 132 cm³/mol. The standard InChI is InChI=1S/C23H15Br3N2O3/c24-17-4-1-14(2-5-17)13-30-21-7-3-15(9-19(21)26)12-27-28-23(29)22-11-16-10-18(25)6-8-20(16)31-22/h1-12H,13H2,(H,28,29)/b27-12+. The van der Waals surface area contributed by atoms with Gasteiger partial charge in [-0.15, -0.1) is 0 Å². The summed E-state index contributed by atoms with van der Waals surface area (Å²) >= 11 is 10.3. The summed E-state index contributed by atoms with van der Waals surface area (Å²) < 4.78 is 14.2. The third-order valence-corrected chi connectivity index (χ3v) is 5.99. The minimum atomic E-state index is -0.419. The van der Waals surface area contributed by atoms with Crippen LogP contribution in [0.2, 0.25) is 0 Å². The summed E-state index contributed by atoms with van der Waals surface area (Å²) in [6.45, 7) is 0.462. The monoisotopic (exact) mass is 604 g/mol. The number of benzene rings is 3. The molecule has 156 valence electrons. The summed E-state index contributed by atoms with van der Waals surface area (Å²) in [5.41, 5.74) is 5.00. The van der Waals surface area contributed by atoms with Crippen molar-refractivity contribution in [2.75, 3.05) is 0 Å². The Bertz CT molecular complexity index is 1270. The van der Waals surface area contributed by atoms with Gasteiger partial charge in [-0.2, -0.15) is 5.10 Å². The molecular formula is C23H15Br3N2O3. The molecule has 1 aromatic heterocycles. The first-order valence-electron chi connectivity index (χ1n) is 9.17. The van der Waals surface area contributed by atoms with E-state index < -0.39 is 5.91 Å². The summed E-state index contributed by atoms with van der Waals surface area (Å²) in [6, 6.07) is 20.8. The second kappa shape index (κ2) is 9.80. The Balaban J connectivity index is 1.36. The predicted octanol–water partition coefficient (Wildman–Crippen LogP) is 7.06. The molecule has 0 spiro atoms. The van der Waals surface area contributed by atoms with Crippen molar-refractivity contribution < 1.29 is 13.9 Å². The van der Waals surface area contributed by atoms with Gasteiger partial charge in [0.1, 0.15) is 17.9 Å². The fraction of sp³-hybridized carbons (Fsp3) is 0.0435. The zero-order valence-electron chi connectivity index (χ0n) is 15.9. The van der Waals surface area contributed by atoms with Crippen LogP contribution < -0.4 is 10.2 Å². The number of nitrogens with zero attached hydrogens (tertiary/aromatic N) is 1. The lowest BCUT2D eigenvalue weighted by molar-refractivity contribution is 0.0929. The number of rotatable bonds is 6. The van der Waals surface area contributed by atoms with Crippen molar-refractivity contribution in [2.45, 2.75) is 6.61 Å². The van der Waals surface area contributed by atoms with Gasteiger partial charge in [0.15, 0.2) is 5.76 Å². The quantitative estimate of drug-likeness (QED) is 0.189. The Morgan fingerprint density at radius 1 is 0.968 bits per heavy atom. The smallest absolute Gasteiger partial charge is 0.307 e. The first-order valence-corrected chi connectivity index (χ1v) is 11.5. The van der Waals surface area contributed by atoms with Crippen molar-refractivity contribution in [3.8, 4) is 5.75 Å². The molecule has 31 heavy (non-hydrogen) atoms. The van der Waals surface area contributed by atoms with Crippen LogP contribution in [0, 0.1) is 0 Å². The Labute approximate surface area is 203 Å². The van der Waals surface area contributed by atoms with Gasteiger partial charge in [-0.1, -0.05) is 44.0 Å². The highest BCUT2D eigenvalue weighted by Crippen LogP contribution is 2.27.